The van der Waals surface area contributed by atoms with Gasteiger partial charge < -0.3 is 16.0 Å². The van der Waals surface area contributed by atoms with Crippen LogP contribution in [0.15, 0.2) is 24.3 Å². The second-order valence-electron chi connectivity index (χ2n) is 10.1. The van der Waals surface area contributed by atoms with Gasteiger partial charge in [0, 0.05) is 17.3 Å². The molecule has 2 aliphatic carbocycles. The van der Waals surface area contributed by atoms with Gasteiger partial charge in [-0.3, -0.25) is 19.3 Å². The van der Waals surface area contributed by atoms with Gasteiger partial charge in [-0.05, 0) is 61.6 Å². The van der Waals surface area contributed by atoms with Gasteiger partial charge in [0.25, 0.3) is 11.8 Å². The molecule has 2 saturated carbocycles. The van der Waals surface area contributed by atoms with E-state index in [1.165, 1.54) is 0 Å². The van der Waals surface area contributed by atoms with Gasteiger partial charge in [-0.2, -0.15) is 0 Å². The SMILES string of the molecule is CC1CC(C)(C)CC2(C1)NC(=O)N(CC(=O)Nc1cccc(C(=O)NC3CC3)c1)C2=O. The quantitative estimate of drug-likeness (QED) is 0.629. The number of benzene rings is 1. The number of nitrogens with zero attached hydrogens (tertiary/aromatic N) is 1. The molecule has 0 bridgehead atoms. The van der Waals surface area contributed by atoms with Crippen molar-refractivity contribution in [1.82, 2.24) is 15.5 Å². The third-order valence-corrected chi connectivity index (χ3v) is 6.25. The lowest BCUT2D eigenvalue weighted by Crippen LogP contribution is -2.54. The Labute approximate surface area is 182 Å². The van der Waals surface area contributed by atoms with Crippen LogP contribution in [0.25, 0.3) is 0 Å². The molecular formula is C23H30N4O4. The predicted octanol–water partition coefficient (Wildman–Crippen LogP) is 2.65. The van der Waals surface area contributed by atoms with Crippen LogP contribution in [0, 0.1) is 11.3 Å². The zero-order valence-electron chi connectivity index (χ0n) is 18.3. The summed E-state index contributed by atoms with van der Waals surface area (Å²) in [6.07, 6.45) is 4.11. The lowest BCUT2D eigenvalue weighted by molar-refractivity contribution is -0.136. The van der Waals surface area contributed by atoms with Gasteiger partial charge in [0.05, 0.1) is 0 Å². The Balaban J connectivity index is 1.41. The lowest BCUT2D eigenvalue weighted by atomic mass is 9.64. The molecule has 1 saturated heterocycles. The number of urea groups is 1. The number of anilines is 1. The Morgan fingerprint density at radius 2 is 1.94 bits per heavy atom. The number of hydrogen-bond donors (Lipinski definition) is 3. The molecule has 8 heteroatoms. The van der Waals surface area contributed by atoms with E-state index in [0.29, 0.717) is 30.0 Å². The van der Waals surface area contributed by atoms with Gasteiger partial charge in [0.1, 0.15) is 12.1 Å². The highest BCUT2D eigenvalue weighted by Gasteiger charge is 2.56. The summed E-state index contributed by atoms with van der Waals surface area (Å²) in [6, 6.07) is 6.35. The zero-order chi connectivity index (χ0) is 22.4. The van der Waals surface area contributed by atoms with Gasteiger partial charge in [-0.25, -0.2) is 4.79 Å². The molecule has 3 N–H and O–H groups in total. The zero-order valence-corrected chi connectivity index (χ0v) is 18.3. The first-order valence-corrected chi connectivity index (χ1v) is 10.9. The summed E-state index contributed by atoms with van der Waals surface area (Å²) in [7, 11) is 0. The number of carbonyl (C=O) groups is 4. The summed E-state index contributed by atoms with van der Waals surface area (Å²) in [5, 5.41) is 8.48. The second-order valence-corrected chi connectivity index (χ2v) is 10.1. The summed E-state index contributed by atoms with van der Waals surface area (Å²) in [4.78, 5) is 51.6. The van der Waals surface area contributed by atoms with Gasteiger partial charge in [0.15, 0.2) is 0 Å². The molecule has 3 aliphatic rings. The molecule has 4 rings (SSSR count). The molecule has 8 nitrogen and oxygen atoms in total. The minimum absolute atomic E-state index is 0.0691. The molecule has 0 aromatic heterocycles. The fraction of sp³-hybridized carbons (Fsp3) is 0.565. The second kappa shape index (κ2) is 7.66. The number of amides is 5. The van der Waals surface area contributed by atoms with E-state index in [4.69, 9.17) is 0 Å². The fourth-order valence-electron chi connectivity index (χ4n) is 5.23. The largest absolute Gasteiger partial charge is 0.349 e. The van der Waals surface area contributed by atoms with Crippen LogP contribution < -0.4 is 16.0 Å². The average molecular weight is 427 g/mol. The van der Waals surface area contributed by atoms with Crippen molar-refractivity contribution in [2.24, 2.45) is 11.3 Å². The summed E-state index contributed by atoms with van der Waals surface area (Å²) in [5.74, 6) is -0.691. The third kappa shape index (κ3) is 4.57. The summed E-state index contributed by atoms with van der Waals surface area (Å²) >= 11 is 0. The van der Waals surface area contributed by atoms with Crippen molar-refractivity contribution in [1.29, 1.82) is 0 Å². The minimum Gasteiger partial charge on any atom is -0.349 e. The number of imide groups is 1. The maximum atomic E-state index is 13.2. The number of rotatable bonds is 5. The summed E-state index contributed by atoms with van der Waals surface area (Å²) in [6.45, 7) is 5.93. The van der Waals surface area contributed by atoms with Crippen molar-refractivity contribution in [3.63, 3.8) is 0 Å². The first-order valence-electron chi connectivity index (χ1n) is 10.9. The molecule has 1 heterocycles. The topological polar surface area (TPSA) is 108 Å². The van der Waals surface area contributed by atoms with E-state index < -0.39 is 17.5 Å². The van der Waals surface area contributed by atoms with Crippen molar-refractivity contribution >= 4 is 29.4 Å². The van der Waals surface area contributed by atoms with Crippen LogP contribution >= 0.6 is 0 Å². The third-order valence-electron chi connectivity index (χ3n) is 6.25. The average Bonchev–Trinajstić information content (AvgIpc) is 3.44. The van der Waals surface area contributed by atoms with E-state index in [-0.39, 0.29) is 29.8 Å². The van der Waals surface area contributed by atoms with E-state index in [2.05, 4.69) is 36.7 Å². The van der Waals surface area contributed by atoms with Crippen molar-refractivity contribution in [2.45, 2.75) is 64.5 Å². The number of carbonyl (C=O) groups excluding carboxylic acids is 4. The van der Waals surface area contributed by atoms with Crippen molar-refractivity contribution in [3.05, 3.63) is 29.8 Å². The van der Waals surface area contributed by atoms with Gasteiger partial charge >= 0.3 is 6.03 Å². The van der Waals surface area contributed by atoms with E-state index in [0.717, 1.165) is 24.2 Å². The van der Waals surface area contributed by atoms with Crippen LogP contribution in [0.4, 0.5) is 10.5 Å². The molecule has 2 atom stereocenters. The van der Waals surface area contributed by atoms with Gasteiger partial charge in [-0.15, -0.1) is 0 Å². The predicted molar refractivity (Wildman–Crippen MR) is 115 cm³/mol. The maximum absolute atomic E-state index is 13.2. The highest BCUT2D eigenvalue weighted by Crippen LogP contribution is 2.46. The number of hydrogen-bond acceptors (Lipinski definition) is 4. The Morgan fingerprint density at radius 1 is 1.19 bits per heavy atom. The Morgan fingerprint density at radius 3 is 2.61 bits per heavy atom. The van der Waals surface area contributed by atoms with Crippen molar-refractivity contribution in [3.8, 4) is 0 Å². The fourth-order valence-corrected chi connectivity index (χ4v) is 5.23. The van der Waals surface area contributed by atoms with Crippen LogP contribution in [0.5, 0.6) is 0 Å². The van der Waals surface area contributed by atoms with Crippen LogP contribution in [0.1, 0.15) is 63.2 Å². The molecule has 31 heavy (non-hydrogen) atoms. The Bertz CT molecular complexity index is 939. The maximum Gasteiger partial charge on any atom is 0.325 e. The van der Waals surface area contributed by atoms with Crippen molar-refractivity contribution < 1.29 is 19.2 Å². The van der Waals surface area contributed by atoms with Crippen LogP contribution in [-0.2, 0) is 9.59 Å². The molecule has 0 radical (unpaired) electrons. The van der Waals surface area contributed by atoms with Crippen LogP contribution in [0.3, 0.4) is 0 Å². The summed E-state index contributed by atoms with van der Waals surface area (Å²) < 4.78 is 0. The smallest absolute Gasteiger partial charge is 0.325 e. The highest BCUT2D eigenvalue weighted by atomic mass is 16.2. The Kier molecular flexibility index (Phi) is 5.27. The molecule has 5 amide bonds. The first-order chi connectivity index (χ1) is 14.6. The summed E-state index contributed by atoms with van der Waals surface area (Å²) in [5.41, 5.74) is -0.0978. The van der Waals surface area contributed by atoms with Crippen molar-refractivity contribution in [2.75, 3.05) is 11.9 Å². The van der Waals surface area contributed by atoms with Gasteiger partial charge in [0.2, 0.25) is 5.91 Å². The highest BCUT2D eigenvalue weighted by molar-refractivity contribution is 6.10. The normalized spacial score (nSPS) is 27.2. The van der Waals surface area contributed by atoms with E-state index >= 15 is 0 Å². The minimum atomic E-state index is -0.931. The van der Waals surface area contributed by atoms with E-state index in [1.807, 2.05) is 0 Å². The monoisotopic (exact) mass is 426 g/mol. The number of nitrogens with one attached hydrogen (secondary N) is 3. The first kappa shape index (κ1) is 21.3. The van der Waals surface area contributed by atoms with Crippen LogP contribution in [0.2, 0.25) is 0 Å². The Hall–Kier alpha value is -2.90. The molecule has 1 aromatic rings. The molecule has 166 valence electrons. The van der Waals surface area contributed by atoms with Gasteiger partial charge in [-0.1, -0.05) is 26.8 Å². The molecule has 2 unspecified atom stereocenters. The van der Waals surface area contributed by atoms with E-state index in [1.54, 1.807) is 24.3 Å². The standard InChI is InChI=1S/C23H30N4O4/c1-14-10-22(2,3)13-23(11-14)20(30)27(21(31)26-23)12-18(28)24-17-6-4-5-15(9-17)19(29)25-16-7-8-16/h4-6,9,14,16H,7-8,10-13H2,1-3H3,(H,24,28)(H,25,29)(H,26,31). The molecule has 1 aliphatic heterocycles. The molecule has 3 fully saturated rings. The van der Waals surface area contributed by atoms with Crippen LogP contribution in [-0.4, -0.2) is 46.8 Å². The lowest BCUT2D eigenvalue weighted by Gasteiger charge is -2.43. The molecule has 1 spiro atoms. The van der Waals surface area contributed by atoms with E-state index in [9.17, 15) is 19.2 Å². The molecule has 1 aromatic carbocycles. The molecular weight excluding hydrogens is 396 g/mol.